The summed E-state index contributed by atoms with van der Waals surface area (Å²) in [5.41, 5.74) is 5.46. The van der Waals surface area contributed by atoms with Gasteiger partial charge in [0.25, 0.3) is 5.91 Å². The van der Waals surface area contributed by atoms with Gasteiger partial charge in [-0.2, -0.15) is 4.31 Å². The Labute approximate surface area is 122 Å². The first-order valence-electron chi connectivity index (χ1n) is 6.45. The van der Waals surface area contributed by atoms with Crippen molar-refractivity contribution >= 4 is 21.8 Å². The Balaban J connectivity index is 2.29. The SMILES string of the molecule is CNC(=O)c1cc(S(=O)(=O)N2CCC(C(N)=O)C2)cn1C. The summed E-state index contributed by atoms with van der Waals surface area (Å²) in [5, 5.41) is 2.45. The molecule has 0 aliphatic carbocycles. The van der Waals surface area contributed by atoms with Crippen LogP contribution in [0.4, 0.5) is 0 Å². The zero-order valence-electron chi connectivity index (χ0n) is 11.9. The minimum atomic E-state index is -3.72. The number of nitrogens with two attached hydrogens (primary N) is 1. The molecule has 0 spiro atoms. The Hall–Kier alpha value is -1.87. The number of nitrogens with zero attached hydrogens (tertiary/aromatic N) is 2. The summed E-state index contributed by atoms with van der Waals surface area (Å²) in [6, 6.07) is 1.33. The molecule has 116 valence electrons. The average molecular weight is 314 g/mol. The number of carbonyl (C=O) groups is 2. The van der Waals surface area contributed by atoms with Crippen molar-refractivity contribution in [1.29, 1.82) is 0 Å². The normalized spacial score (nSPS) is 19.6. The van der Waals surface area contributed by atoms with E-state index in [1.165, 1.54) is 28.2 Å². The summed E-state index contributed by atoms with van der Waals surface area (Å²) in [7, 11) is -0.653. The molecule has 21 heavy (non-hydrogen) atoms. The van der Waals surface area contributed by atoms with Gasteiger partial charge in [-0.25, -0.2) is 8.42 Å². The Morgan fingerprint density at radius 2 is 2.10 bits per heavy atom. The monoisotopic (exact) mass is 314 g/mol. The van der Waals surface area contributed by atoms with Crippen LogP contribution in [-0.4, -0.2) is 49.2 Å². The predicted octanol–water partition coefficient (Wildman–Crippen LogP) is -1.12. The van der Waals surface area contributed by atoms with Crippen LogP contribution in [0.15, 0.2) is 17.2 Å². The van der Waals surface area contributed by atoms with Gasteiger partial charge in [-0.3, -0.25) is 9.59 Å². The van der Waals surface area contributed by atoms with E-state index in [4.69, 9.17) is 5.73 Å². The van der Waals surface area contributed by atoms with Crippen LogP contribution in [0.5, 0.6) is 0 Å². The number of sulfonamides is 1. The Morgan fingerprint density at radius 1 is 1.43 bits per heavy atom. The summed E-state index contributed by atoms with van der Waals surface area (Å²) < 4.78 is 27.7. The average Bonchev–Trinajstić information content (AvgIpc) is 3.04. The molecule has 2 rings (SSSR count). The van der Waals surface area contributed by atoms with E-state index in [2.05, 4.69) is 5.32 Å². The molecule has 1 unspecified atom stereocenters. The smallest absolute Gasteiger partial charge is 0.267 e. The third-order valence-electron chi connectivity index (χ3n) is 3.63. The molecule has 1 saturated heterocycles. The summed E-state index contributed by atoms with van der Waals surface area (Å²) >= 11 is 0. The van der Waals surface area contributed by atoms with Crippen LogP contribution in [0.1, 0.15) is 16.9 Å². The second kappa shape index (κ2) is 5.49. The molecule has 1 atom stereocenters. The lowest BCUT2D eigenvalue weighted by Crippen LogP contribution is -2.31. The quantitative estimate of drug-likeness (QED) is 0.732. The van der Waals surface area contributed by atoms with Gasteiger partial charge in [0.15, 0.2) is 0 Å². The van der Waals surface area contributed by atoms with Gasteiger partial charge in [0.2, 0.25) is 15.9 Å². The van der Waals surface area contributed by atoms with Crippen molar-refractivity contribution < 1.29 is 18.0 Å². The minimum Gasteiger partial charge on any atom is -0.369 e. The Kier molecular flexibility index (Phi) is 4.06. The highest BCUT2D eigenvalue weighted by molar-refractivity contribution is 7.89. The van der Waals surface area contributed by atoms with Crippen LogP contribution in [0.3, 0.4) is 0 Å². The molecule has 0 bridgehead atoms. The van der Waals surface area contributed by atoms with E-state index in [1.807, 2.05) is 0 Å². The number of aryl methyl sites for hydroxylation is 1. The molecule has 1 fully saturated rings. The lowest BCUT2D eigenvalue weighted by molar-refractivity contribution is -0.121. The van der Waals surface area contributed by atoms with Crippen molar-refractivity contribution in [2.75, 3.05) is 20.1 Å². The summed E-state index contributed by atoms with van der Waals surface area (Å²) in [5.74, 6) is -1.32. The van der Waals surface area contributed by atoms with Gasteiger partial charge in [0.05, 0.1) is 5.92 Å². The highest BCUT2D eigenvalue weighted by Gasteiger charge is 2.35. The van der Waals surface area contributed by atoms with Crippen LogP contribution in [-0.2, 0) is 21.9 Å². The maximum atomic E-state index is 12.5. The molecule has 1 aromatic heterocycles. The van der Waals surface area contributed by atoms with E-state index < -0.39 is 21.8 Å². The maximum absolute atomic E-state index is 12.5. The van der Waals surface area contributed by atoms with Gasteiger partial charge >= 0.3 is 0 Å². The highest BCUT2D eigenvalue weighted by Crippen LogP contribution is 2.25. The Bertz CT molecular complexity index is 679. The molecule has 9 heteroatoms. The van der Waals surface area contributed by atoms with Crippen molar-refractivity contribution in [1.82, 2.24) is 14.2 Å². The first-order valence-corrected chi connectivity index (χ1v) is 7.89. The van der Waals surface area contributed by atoms with Crippen molar-refractivity contribution in [2.24, 2.45) is 18.7 Å². The molecule has 0 aromatic carbocycles. The van der Waals surface area contributed by atoms with E-state index in [0.717, 1.165) is 0 Å². The second-order valence-corrected chi connectivity index (χ2v) is 6.94. The lowest BCUT2D eigenvalue weighted by Gasteiger charge is -2.14. The molecule has 1 aliphatic rings. The zero-order valence-corrected chi connectivity index (χ0v) is 12.7. The molecule has 3 N–H and O–H groups in total. The molecule has 0 saturated carbocycles. The van der Waals surface area contributed by atoms with Gasteiger partial charge in [-0.05, 0) is 12.5 Å². The number of hydrogen-bond donors (Lipinski definition) is 2. The molecule has 8 nitrogen and oxygen atoms in total. The van der Waals surface area contributed by atoms with E-state index in [0.29, 0.717) is 6.42 Å². The van der Waals surface area contributed by atoms with Gasteiger partial charge in [0, 0.05) is 33.4 Å². The molecule has 1 aromatic rings. The summed E-state index contributed by atoms with van der Waals surface area (Å²) in [6.45, 7) is 0.335. The zero-order chi connectivity index (χ0) is 15.8. The van der Waals surface area contributed by atoms with Crippen LogP contribution in [0, 0.1) is 5.92 Å². The number of hydrogen-bond acceptors (Lipinski definition) is 4. The van der Waals surface area contributed by atoms with E-state index >= 15 is 0 Å². The molecule has 2 amide bonds. The number of nitrogens with one attached hydrogen (secondary N) is 1. The van der Waals surface area contributed by atoms with E-state index in [1.54, 1.807) is 7.05 Å². The van der Waals surface area contributed by atoms with Crippen LogP contribution in [0.2, 0.25) is 0 Å². The molecular formula is C12H18N4O4S. The third kappa shape index (κ3) is 2.79. The number of carbonyl (C=O) groups excluding carboxylic acids is 2. The highest BCUT2D eigenvalue weighted by atomic mass is 32.2. The molecular weight excluding hydrogens is 296 g/mol. The largest absolute Gasteiger partial charge is 0.369 e. The molecule has 0 radical (unpaired) electrons. The van der Waals surface area contributed by atoms with Crippen LogP contribution in [0.25, 0.3) is 0 Å². The van der Waals surface area contributed by atoms with Gasteiger partial charge in [-0.15, -0.1) is 0 Å². The van der Waals surface area contributed by atoms with Crippen molar-refractivity contribution in [3.8, 4) is 0 Å². The van der Waals surface area contributed by atoms with Gasteiger partial charge in [-0.1, -0.05) is 0 Å². The van der Waals surface area contributed by atoms with Crippen molar-refractivity contribution in [3.63, 3.8) is 0 Å². The predicted molar refractivity (Wildman–Crippen MR) is 74.9 cm³/mol. The first kappa shape index (κ1) is 15.5. The lowest BCUT2D eigenvalue weighted by atomic mass is 10.1. The van der Waals surface area contributed by atoms with E-state index in [9.17, 15) is 18.0 Å². The van der Waals surface area contributed by atoms with Crippen LogP contribution >= 0.6 is 0 Å². The van der Waals surface area contributed by atoms with Gasteiger partial charge < -0.3 is 15.6 Å². The molecule has 1 aliphatic heterocycles. The summed E-state index contributed by atoms with van der Waals surface area (Å²) in [4.78, 5) is 22.8. The van der Waals surface area contributed by atoms with Crippen molar-refractivity contribution in [3.05, 3.63) is 18.0 Å². The molecule has 2 heterocycles. The second-order valence-electron chi connectivity index (χ2n) is 5.00. The fraction of sp³-hybridized carbons (Fsp3) is 0.500. The number of aromatic nitrogens is 1. The third-order valence-corrected chi connectivity index (χ3v) is 5.46. The topological polar surface area (TPSA) is 114 Å². The maximum Gasteiger partial charge on any atom is 0.267 e. The number of amides is 2. The standard InChI is InChI=1S/C12H18N4O4S/c1-14-12(18)10-5-9(7-15(10)2)21(19,20)16-4-3-8(6-16)11(13)17/h5,7-8H,3-4,6H2,1-2H3,(H2,13,17)(H,14,18). The minimum absolute atomic E-state index is 0.0359. The fourth-order valence-electron chi connectivity index (χ4n) is 2.36. The number of rotatable bonds is 4. The van der Waals surface area contributed by atoms with Crippen molar-refractivity contribution in [2.45, 2.75) is 11.3 Å². The van der Waals surface area contributed by atoms with E-state index in [-0.39, 0.29) is 29.6 Å². The van der Waals surface area contributed by atoms with Crippen LogP contribution < -0.4 is 11.1 Å². The summed E-state index contributed by atoms with van der Waals surface area (Å²) in [6.07, 6.45) is 1.81. The number of primary amides is 1. The van der Waals surface area contributed by atoms with Gasteiger partial charge in [0.1, 0.15) is 10.6 Å². The Morgan fingerprint density at radius 3 is 2.62 bits per heavy atom. The fourth-order valence-corrected chi connectivity index (χ4v) is 3.93. The first-order chi connectivity index (χ1) is 9.77.